The maximum atomic E-state index is 12.7. The zero-order chi connectivity index (χ0) is 19.1. The lowest BCUT2D eigenvalue weighted by Crippen LogP contribution is -2.52. The van der Waals surface area contributed by atoms with E-state index in [1.165, 1.54) is 4.57 Å². The Kier molecular flexibility index (Phi) is 4.31. The van der Waals surface area contributed by atoms with Gasteiger partial charge in [-0.25, -0.2) is 4.98 Å². The molecule has 0 atom stereocenters. The van der Waals surface area contributed by atoms with E-state index in [0.29, 0.717) is 5.69 Å². The van der Waals surface area contributed by atoms with E-state index in [1.807, 2.05) is 29.9 Å². The van der Waals surface area contributed by atoms with Crippen molar-refractivity contribution in [3.8, 4) is 0 Å². The van der Waals surface area contributed by atoms with Crippen molar-refractivity contribution in [1.82, 2.24) is 24.1 Å². The number of hydrogen-bond acceptors (Lipinski definition) is 3. The van der Waals surface area contributed by atoms with Crippen molar-refractivity contribution < 1.29 is 0 Å². The summed E-state index contributed by atoms with van der Waals surface area (Å²) in [4.78, 5) is 35.4. The lowest BCUT2D eigenvalue weighted by molar-refractivity contribution is 0.571. The van der Waals surface area contributed by atoms with Crippen LogP contribution in [-0.4, -0.2) is 24.1 Å². The van der Waals surface area contributed by atoms with Gasteiger partial charge < -0.3 is 19.1 Å². The molecule has 0 saturated heterocycles. The number of rotatable bonds is 2. The number of aromatic amines is 2. The van der Waals surface area contributed by atoms with Gasteiger partial charge in [-0.1, -0.05) is 20.8 Å². The molecule has 136 valence electrons. The number of H-pyrrole nitrogens is 2. The van der Waals surface area contributed by atoms with Gasteiger partial charge in [0.1, 0.15) is 10.7 Å². The van der Waals surface area contributed by atoms with Gasteiger partial charge in [0.2, 0.25) is 0 Å². The third-order valence-corrected chi connectivity index (χ3v) is 4.35. The lowest BCUT2D eigenvalue weighted by Gasteiger charge is -2.17. The minimum absolute atomic E-state index is 0.159. The monoisotopic (exact) mass is 353 g/mol. The number of nitrogens with one attached hydrogen (secondary N) is 2. The highest BCUT2D eigenvalue weighted by molar-refractivity contribution is 5.48. The van der Waals surface area contributed by atoms with E-state index in [1.54, 1.807) is 25.5 Å². The van der Waals surface area contributed by atoms with Gasteiger partial charge in [0.05, 0.1) is 12.0 Å². The lowest BCUT2D eigenvalue weighted by atomic mass is 9.90. The molecule has 0 saturated carbocycles. The molecular formula is C19H23N5O2. The maximum Gasteiger partial charge on any atom is 0.274 e. The van der Waals surface area contributed by atoms with Crippen molar-refractivity contribution >= 4 is 12.2 Å². The number of aryl methyl sites for hydroxylation is 1. The molecule has 0 aliphatic carbocycles. The molecule has 0 bridgehead atoms. The summed E-state index contributed by atoms with van der Waals surface area (Å²) >= 11 is 0. The van der Waals surface area contributed by atoms with Crippen molar-refractivity contribution in [3.63, 3.8) is 0 Å². The van der Waals surface area contributed by atoms with E-state index in [-0.39, 0.29) is 27.2 Å². The van der Waals surface area contributed by atoms with E-state index in [9.17, 15) is 9.59 Å². The molecule has 0 spiro atoms. The van der Waals surface area contributed by atoms with Gasteiger partial charge in [0.15, 0.2) is 0 Å². The first kappa shape index (κ1) is 17.7. The average molecular weight is 353 g/mol. The van der Waals surface area contributed by atoms with E-state index in [0.717, 1.165) is 11.4 Å². The Labute approximate surface area is 150 Å². The molecule has 0 fully saturated rings. The molecule has 7 nitrogen and oxygen atoms in total. The van der Waals surface area contributed by atoms with Gasteiger partial charge in [-0.15, -0.1) is 0 Å². The molecule has 3 aromatic rings. The molecule has 7 heteroatoms. The van der Waals surface area contributed by atoms with E-state index in [2.05, 4.69) is 35.7 Å². The molecule has 2 N–H and O–H groups in total. The fourth-order valence-corrected chi connectivity index (χ4v) is 2.86. The molecule has 26 heavy (non-hydrogen) atoms. The van der Waals surface area contributed by atoms with Gasteiger partial charge in [-0.2, -0.15) is 0 Å². The molecular weight excluding hydrogens is 330 g/mol. The van der Waals surface area contributed by atoms with E-state index < -0.39 is 0 Å². The molecule has 0 amide bonds. The Hall–Kier alpha value is -3.09. The summed E-state index contributed by atoms with van der Waals surface area (Å²) in [6, 6.07) is 3.75. The number of hydrogen-bond donors (Lipinski definition) is 2. The third-order valence-electron chi connectivity index (χ3n) is 4.35. The normalized spacial score (nSPS) is 13.6. The van der Waals surface area contributed by atoms with Gasteiger partial charge >= 0.3 is 0 Å². The highest BCUT2D eigenvalue weighted by Crippen LogP contribution is 2.22. The fraction of sp³-hybridized carbons (Fsp3) is 0.316. The second-order valence-electron chi connectivity index (χ2n) is 7.36. The van der Waals surface area contributed by atoms with Gasteiger partial charge in [0, 0.05) is 37.1 Å². The summed E-state index contributed by atoms with van der Waals surface area (Å²) in [7, 11) is 3.47. The molecule has 3 heterocycles. The van der Waals surface area contributed by atoms with Crippen molar-refractivity contribution in [1.29, 1.82) is 0 Å². The molecule has 0 radical (unpaired) electrons. The van der Waals surface area contributed by atoms with E-state index in [4.69, 9.17) is 0 Å². The third kappa shape index (κ3) is 3.20. The van der Waals surface area contributed by atoms with Gasteiger partial charge in [-0.05, 0) is 24.3 Å². The minimum atomic E-state index is -0.338. The van der Waals surface area contributed by atoms with Crippen molar-refractivity contribution in [2.24, 2.45) is 14.1 Å². The van der Waals surface area contributed by atoms with Crippen LogP contribution in [0, 0.1) is 0 Å². The van der Waals surface area contributed by atoms with Crippen LogP contribution >= 0.6 is 0 Å². The zero-order valence-corrected chi connectivity index (χ0v) is 15.6. The largest absolute Gasteiger partial charge is 0.351 e. The summed E-state index contributed by atoms with van der Waals surface area (Å²) < 4.78 is 3.23. The summed E-state index contributed by atoms with van der Waals surface area (Å²) in [5, 5.41) is 0.506. The molecule has 3 aromatic heterocycles. The van der Waals surface area contributed by atoms with Crippen LogP contribution in [-0.2, 0) is 19.5 Å². The zero-order valence-electron chi connectivity index (χ0n) is 15.6. The van der Waals surface area contributed by atoms with E-state index >= 15 is 0 Å². The Morgan fingerprint density at radius 3 is 2.50 bits per heavy atom. The second kappa shape index (κ2) is 6.33. The second-order valence-corrected chi connectivity index (χ2v) is 7.36. The van der Waals surface area contributed by atoms with Crippen LogP contribution in [0.2, 0.25) is 0 Å². The Morgan fingerprint density at radius 1 is 1.15 bits per heavy atom. The van der Waals surface area contributed by atoms with Crippen molar-refractivity contribution in [2.75, 3.05) is 0 Å². The molecule has 0 aliphatic rings. The minimum Gasteiger partial charge on any atom is -0.351 e. The molecule has 0 unspecified atom stereocenters. The highest BCUT2D eigenvalue weighted by Gasteiger charge is 2.19. The predicted octanol–water partition coefficient (Wildman–Crippen LogP) is 0.0903. The van der Waals surface area contributed by atoms with Gasteiger partial charge in [-0.3, -0.25) is 9.59 Å². The van der Waals surface area contributed by atoms with Crippen LogP contribution in [0.25, 0.3) is 12.2 Å². The average Bonchev–Trinajstić information content (AvgIpc) is 3.18. The number of aromatic nitrogens is 5. The molecule has 3 rings (SSSR count). The Morgan fingerprint density at radius 2 is 1.88 bits per heavy atom. The van der Waals surface area contributed by atoms with Crippen LogP contribution in [0.1, 0.15) is 37.9 Å². The Balaban J connectivity index is 2.24. The van der Waals surface area contributed by atoms with Crippen LogP contribution in [0.5, 0.6) is 0 Å². The maximum absolute atomic E-state index is 12.7. The number of imidazole rings is 1. The molecule has 0 aromatic carbocycles. The summed E-state index contributed by atoms with van der Waals surface area (Å²) in [6.07, 6.45) is 6.78. The predicted molar refractivity (Wildman–Crippen MR) is 101 cm³/mol. The first-order valence-electron chi connectivity index (χ1n) is 8.36. The van der Waals surface area contributed by atoms with Crippen LogP contribution in [0.15, 0.2) is 34.2 Å². The topological polar surface area (TPSA) is 88.5 Å². The highest BCUT2D eigenvalue weighted by atomic mass is 16.1. The summed E-state index contributed by atoms with van der Waals surface area (Å²) in [5.41, 5.74) is 1.62. The first-order valence-corrected chi connectivity index (χ1v) is 8.36. The van der Waals surface area contributed by atoms with Gasteiger partial charge in [0.25, 0.3) is 11.1 Å². The fourth-order valence-electron chi connectivity index (χ4n) is 2.86. The summed E-state index contributed by atoms with van der Waals surface area (Å²) in [6.45, 7) is 6.16. The quantitative estimate of drug-likeness (QED) is 0.684. The Bertz CT molecular complexity index is 1180. The smallest absolute Gasteiger partial charge is 0.274 e. The van der Waals surface area contributed by atoms with Crippen molar-refractivity contribution in [2.45, 2.75) is 26.2 Å². The summed E-state index contributed by atoms with van der Waals surface area (Å²) in [5.74, 6) is 0. The standard InChI is InChI=1S/C19H23N5O2/c1-19(2,3)16-13(20-11-21-16)10-15-17(25)22-14(18(26)24(15)5)9-12-7-6-8-23(12)4/h6-11H,1-5H3,(H,20,21)(H,22,25)/b14-9-,15-10-. The molecule has 0 aliphatic heterocycles. The van der Waals surface area contributed by atoms with Crippen LogP contribution in [0.3, 0.4) is 0 Å². The van der Waals surface area contributed by atoms with Crippen LogP contribution < -0.4 is 21.8 Å². The number of nitrogens with zero attached hydrogens (tertiary/aromatic N) is 3. The van der Waals surface area contributed by atoms with Crippen LogP contribution in [0.4, 0.5) is 0 Å². The van der Waals surface area contributed by atoms with Crippen molar-refractivity contribution in [3.05, 3.63) is 73.1 Å². The SMILES string of the molecule is Cn1cccc1/C=c1\[nH]c(=O)/c(=C/c2nc[nH]c2C(C)(C)C)n(C)c1=O. The first-order chi connectivity index (χ1) is 12.2.